The van der Waals surface area contributed by atoms with Crippen LogP contribution in [0.25, 0.3) is 0 Å². The Morgan fingerprint density at radius 1 is 1.30 bits per heavy atom. The van der Waals surface area contributed by atoms with Crippen LogP contribution in [0.15, 0.2) is 28.7 Å². The van der Waals surface area contributed by atoms with Crippen molar-refractivity contribution in [2.45, 2.75) is 58.3 Å². The van der Waals surface area contributed by atoms with E-state index in [9.17, 15) is 4.79 Å². The van der Waals surface area contributed by atoms with E-state index in [4.69, 9.17) is 0 Å². The maximum Gasteiger partial charge on any atom is 0.136 e. The monoisotopic (exact) mass is 336 g/mol. The first-order chi connectivity index (χ1) is 9.69. The number of hydrogen-bond donors (Lipinski definition) is 0. The minimum Gasteiger partial charge on any atom is -0.299 e. The minimum absolute atomic E-state index is 0.254. The van der Waals surface area contributed by atoms with Crippen molar-refractivity contribution in [2.24, 2.45) is 11.8 Å². The van der Waals surface area contributed by atoms with Gasteiger partial charge in [-0.15, -0.1) is 0 Å². The van der Waals surface area contributed by atoms with Gasteiger partial charge in [0.1, 0.15) is 5.78 Å². The van der Waals surface area contributed by atoms with Gasteiger partial charge in [-0.3, -0.25) is 4.79 Å². The normalized spacial score (nSPS) is 23.0. The first kappa shape index (κ1) is 15.8. The summed E-state index contributed by atoms with van der Waals surface area (Å²) in [6, 6.07) is 8.39. The van der Waals surface area contributed by atoms with Gasteiger partial charge >= 0.3 is 0 Å². The predicted octanol–water partition coefficient (Wildman–Crippen LogP) is 5.56. The lowest BCUT2D eigenvalue weighted by atomic mass is 9.76. The van der Waals surface area contributed by atoms with Crippen LogP contribution >= 0.6 is 15.9 Å². The van der Waals surface area contributed by atoms with Crippen molar-refractivity contribution < 1.29 is 4.79 Å². The first-order valence-electron chi connectivity index (χ1n) is 7.96. The fourth-order valence-electron chi connectivity index (χ4n) is 3.29. The molecule has 1 saturated carbocycles. The Kier molecular flexibility index (Phi) is 6.28. The zero-order valence-corrected chi connectivity index (χ0v) is 14.0. The molecule has 2 unspecified atom stereocenters. The second-order valence-corrected chi connectivity index (χ2v) is 7.05. The van der Waals surface area contributed by atoms with Gasteiger partial charge in [-0.25, -0.2) is 0 Å². The van der Waals surface area contributed by atoms with Crippen molar-refractivity contribution in [2.75, 3.05) is 0 Å². The number of benzene rings is 1. The quantitative estimate of drug-likeness (QED) is 0.621. The van der Waals surface area contributed by atoms with Gasteiger partial charge in [0, 0.05) is 16.8 Å². The van der Waals surface area contributed by atoms with Gasteiger partial charge < -0.3 is 0 Å². The summed E-state index contributed by atoms with van der Waals surface area (Å²) in [6.45, 7) is 2.25. The van der Waals surface area contributed by atoms with Gasteiger partial charge in [0.05, 0.1) is 0 Å². The van der Waals surface area contributed by atoms with Crippen LogP contribution in [0.4, 0.5) is 0 Å². The van der Waals surface area contributed by atoms with E-state index in [0.717, 1.165) is 36.1 Å². The number of carbonyl (C=O) groups is 1. The summed E-state index contributed by atoms with van der Waals surface area (Å²) in [5.41, 5.74) is 1.28. The van der Waals surface area contributed by atoms with Crippen molar-refractivity contribution >= 4 is 21.7 Å². The van der Waals surface area contributed by atoms with Crippen LogP contribution in [0.2, 0.25) is 0 Å². The van der Waals surface area contributed by atoms with E-state index in [1.807, 2.05) is 6.07 Å². The van der Waals surface area contributed by atoms with E-state index in [1.54, 1.807) is 0 Å². The summed E-state index contributed by atoms with van der Waals surface area (Å²) < 4.78 is 1.11. The SMILES string of the molecule is CCCCCC1CCC(=O)C(Cc2cccc(Br)c2)C1. The summed E-state index contributed by atoms with van der Waals surface area (Å²) in [7, 11) is 0. The fourth-order valence-corrected chi connectivity index (χ4v) is 3.74. The Morgan fingerprint density at radius 2 is 2.15 bits per heavy atom. The van der Waals surface area contributed by atoms with Crippen molar-refractivity contribution in [3.63, 3.8) is 0 Å². The lowest BCUT2D eigenvalue weighted by Gasteiger charge is -2.28. The Hall–Kier alpha value is -0.630. The Balaban J connectivity index is 1.90. The second kappa shape index (κ2) is 7.97. The summed E-state index contributed by atoms with van der Waals surface area (Å²) in [5, 5.41) is 0. The molecule has 110 valence electrons. The molecule has 0 amide bonds. The Bertz CT molecular complexity index is 441. The predicted molar refractivity (Wildman–Crippen MR) is 87.8 cm³/mol. The van der Waals surface area contributed by atoms with E-state index >= 15 is 0 Å². The third kappa shape index (κ3) is 4.73. The van der Waals surface area contributed by atoms with Gasteiger partial charge in [-0.05, 0) is 42.9 Å². The highest BCUT2D eigenvalue weighted by Crippen LogP contribution is 2.32. The largest absolute Gasteiger partial charge is 0.299 e. The lowest BCUT2D eigenvalue weighted by Crippen LogP contribution is -2.26. The zero-order valence-electron chi connectivity index (χ0n) is 12.4. The molecule has 0 aromatic heterocycles. The molecule has 1 nitrogen and oxygen atoms in total. The molecule has 0 aliphatic heterocycles. The van der Waals surface area contributed by atoms with Crippen LogP contribution in [-0.4, -0.2) is 5.78 Å². The number of carbonyl (C=O) groups excluding carboxylic acids is 1. The molecule has 0 radical (unpaired) electrons. The van der Waals surface area contributed by atoms with E-state index < -0.39 is 0 Å². The standard InChI is InChI=1S/C18H25BrO/c1-2-3-4-6-14-9-10-18(20)16(11-14)12-15-7-5-8-17(19)13-15/h5,7-8,13-14,16H,2-4,6,9-12H2,1H3. The van der Waals surface area contributed by atoms with Gasteiger partial charge in [0.15, 0.2) is 0 Å². The zero-order chi connectivity index (χ0) is 14.4. The molecule has 0 saturated heterocycles. The van der Waals surface area contributed by atoms with Crippen LogP contribution in [0.5, 0.6) is 0 Å². The number of rotatable bonds is 6. The highest BCUT2D eigenvalue weighted by molar-refractivity contribution is 9.10. The van der Waals surface area contributed by atoms with E-state index in [2.05, 4.69) is 41.1 Å². The van der Waals surface area contributed by atoms with Crippen molar-refractivity contribution in [1.82, 2.24) is 0 Å². The molecule has 0 spiro atoms. The van der Waals surface area contributed by atoms with E-state index in [1.165, 1.54) is 31.2 Å². The maximum atomic E-state index is 12.1. The Morgan fingerprint density at radius 3 is 2.90 bits per heavy atom. The van der Waals surface area contributed by atoms with Crippen LogP contribution in [0.1, 0.15) is 57.4 Å². The summed E-state index contributed by atoms with van der Waals surface area (Å²) in [5.74, 6) is 1.51. The number of halogens is 1. The third-order valence-corrected chi connectivity index (χ3v) is 4.95. The summed E-state index contributed by atoms with van der Waals surface area (Å²) >= 11 is 3.51. The average molecular weight is 337 g/mol. The Labute approximate surface area is 131 Å². The van der Waals surface area contributed by atoms with E-state index in [0.29, 0.717) is 5.78 Å². The lowest BCUT2D eigenvalue weighted by molar-refractivity contribution is -0.125. The molecule has 2 atom stereocenters. The van der Waals surface area contributed by atoms with Gasteiger partial charge in [-0.2, -0.15) is 0 Å². The molecule has 0 bridgehead atoms. The smallest absolute Gasteiger partial charge is 0.136 e. The molecule has 2 heteroatoms. The highest BCUT2D eigenvalue weighted by atomic mass is 79.9. The molecule has 20 heavy (non-hydrogen) atoms. The molecule has 1 fully saturated rings. The molecule has 1 aromatic rings. The van der Waals surface area contributed by atoms with E-state index in [-0.39, 0.29) is 5.92 Å². The van der Waals surface area contributed by atoms with Crippen molar-refractivity contribution in [3.05, 3.63) is 34.3 Å². The van der Waals surface area contributed by atoms with Crippen LogP contribution in [0.3, 0.4) is 0 Å². The number of hydrogen-bond acceptors (Lipinski definition) is 1. The van der Waals surface area contributed by atoms with Gasteiger partial charge in [-0.1, -0.05) is 60.7 Å². The van der Waals surface area contributed by atoms with Crippen LogP contribution in [0, 0.1) is 11.8 Å². The van der Waals surface area contributed by atoms with Crippen molar-refractivity contribution in [3.8, 4) is 0 Å². The summed E-state index contributed by atoms with van der Waals surface area (Å²) in [4.78, 5) is 12.1. The number of unbranched alkanes of at least 4 members (excludes halogenated alkanes) is 2. The number of Topliss-reactive ketones (excluding diaryl/α,β-unsaturated/α-hetero) is 1. The molecule has 0 heterocycles. The van der Waals surface area contributed by atoms with Gasteiger partial charge in [0.2, 0.25) is 0 Å². The topological polar surface area (TPSA) is 17.1 Å². The molecule has 0 N–H and O–H groups in total. The third-order valence-electron chi connectivity index (χ3n) is 4.46. The number of ketones is 1. The molecule has 1 aliphatic rings. The molecule has 1 aromatic carbocycles. The average Bonchev–Trinajstić information content (AvgIpc) is 2.43. The van der Waals surface area contributed by atoms with Crippen molar-refractivity contribution in [1.29, 1.82) is 0 Å². The first-order valence-corrected chi connectivity index (χ1v) is 8.75. The van der Waals surface area contributed by atoms with Gasteiger partial charge in [0.25, 0.3) is 0 Å². The highest BCUT2D eigenvalue weighted by Gasteiger charge is 2.28. The minimum atomic E-state index is 0.254. The molecular weight excluding hydrogens is 312 g/mol. The second-order valence-electron chi connectivity index (χ2n) is 6.13. The molecule has 1 aliphatic carbocycles. The molecule has 2 rings (SSSR count). The molecular formula is C18H25BrO. The van der Waals surface area contributed by atoms with Crippen LogP contribution < -0.4 is 0 Å². The van der Waals surface area contributed by atoms with Crippen LogP contribution in [-0.2, 0) is 11.2 Å². The summed E-state index contributed by atoms with van der Waals surface area (Å²) in [6.07, 6.45) is 9.22. The fraction of sp³-hybridized carbons (Fsp3) is 0.611. The maximum absolute atomic E-state index is 12.1.